The molecule has 0 aliphatic heterocycles. The first-order valence-corrected chi connectivity index (χ1v) is 7.92. The molecule has 1 nitrogen and oxygen atoms in total. The average Bonchev–Trinajstić information content (AvgIpc) is 2.47. The second kappa shape index (κ2) is 10.8. The molecule has 2 aromatic carbocycles. The van der Waals surface area contributed by atoms with E-state index in [4.69, 9.17) is 0 Å². The number of hydrogen-bond donors (Lipinski definition) is 0. The van der Waals surface area contributed by atoms with Gasteiger partial charge in [0.25, 0.3) is 0 Å². The first-order valence-electron chi connectivity index (χ1n) is 7.92. The Balaban J connectivity index is 0.000000436. The lowest BCUT2D eigenvalue weighted by Crippen LogP contribution is -2.04. The molecule has 3 heteroatoms. The standard InChI is InChI=1S/C10H12F2O.C10H14.CH4/c1-7(2)8-5-3-4-6-9(8)13-10(11)12;1-8(2)10-7-5-4-6-9(10)3;/h3-7,10H,1-2H3;4-8H,1-3H3;1H4. The molecule has 0 spiro atoms. The van der Waals surface area contributed by atoms with Gasteiger partial charge in [0.2, 0.25) is 0 Å². The topological polar surface area (TPSA) is 9.23 Å². The molecule has 0 bridgehead atoms. The van der Waals surface area contributed by atoms with Crippen LogP contribution in [0.1, 0.15) is 63.6 Å². The molecule has 0 saturated heterocycles. The van der Waals surface area contributed by atoms with Gasteiger partial charge in [0.15, 0.2) is 0 Å². The average molecular weight is 336 g/mol. The summed E-state index contributed by atoms with van der Waals surface area (Å²) in [5, 5.41) is 0. The molecule has 0 atom stereocenters. The third-order valence-corrected chi connectivity index (χ3v) is 3.57. The first-order chi connectivity index (χ1) is 10.8. The van der Waals surface area contributed by atoms with Crippen LogP contribution in [0.15, 0.2) is 48.5 Å². The maximum Gasteiger partial charge on any atom is 0.387 e. The van der Waals surface area contributed by atoms with Gasteiger partial charge in [0.05, 0.1) is 0 Å². The number of para-hydroxylation sites is 1. The van der Waals surface area contributed by atoms with E-state index < -0.39 is 6.61 Å². The maximum absolute atomic E-state index is 11.9. The van der Waals surface area contributed by atoms with Gasteiger partial charge < -0.3 is 4.74 Å². The zero-order valence-corrected chi connectivity index (χ0v) is 14.5. The Hall–Kier alpha value is -1.90. The fraction of sp³-hybridized carbons (Fsp3) is 0.429. The zero-order chi connectivity index (χ0) is 17.4. The van der Waals surface area contributed by atoms with Crippen molar-refractivity contribution in [3.05, 3.63) is 65.2 Å². The second-order valence-corrected chi connectivity index (χ2v) is 6.08. The van der Waals surface area contributed by atoms with Crippen molar-refractivity contribution in [3.63, 3.8) is 0 Å². The molecule has 0 aliphatic carbocycles. The highest BCUT2D eigenvalue weighted by molar-refractivity contribution is 5.35. The van der Waals surface area contributed by atoms with E-state index in [1.807, 2.05) is 19.9 Å². The molecule has 24 heavy (non-hydrogen) atoms. The lowest BCUT2D eigenvalue weighted by atomic mass is 9.99. The summed E-state index contributed by atoms with van der Waals surface area (Å²) in [6, 6.07) is 15.4. The molecule has 0 radical (unpaired) electrons. The maximum atomic E-state index is 11.9. The normalized spacial score (nSPS) is 10.2. The molecule has 2 rings (SSSR count). The highest BCUT2D eigenvalue weighted by Gasteiger charge is 2.10. The van der Waals surface area contributed by atoms with Gasteiger partial charge in [-0.25, -0.2) is 0 Å². The Morgan fingerprint density at radius 3 is 1.62 bits per heavy atom. The van der Waals surface area contributed by atoms with Gasteiger partial charge in [0.1, 0.15) is 5.75 Å². The number of benzene rings is 2. The van der Waals surface area contributed by atoms with Crippen LogP contribution < -0.4 is 4.74 Å². The number of aryl methyl sites for hydroxylation is 1. The Morgan fingerprint density at radius 1 is 0.750 bits per heavy atom. The second-order valence-electron chi connectivity index (χ2n) is 6.08. The van der Waals surface area contributed by atoms with E-state index >= 15 is 0 Å². The van der Waals surface area contributed by atoms with Crippen LogP contribution in [0.5, 0.6) is 5.75 Å². The van der Waals surface area contributed by atoms with Crippen molar-refractivity contribution in [1.82, 2.24) is 0 Å². The predicted octanol–water partition coefficient (Wildman–Crippen LogP) is 7.17. The van der Waals surface area contributed by atoms with E-state index in [1.165, 1.54) is 11.1 Å². The van der Waals surface area contributed by atoms with Crippen LogP contribution in [0.4, 0.5) is 8.78 Å². The summed E-state index contributed by atoms with van der Waals surface area (Å²) in [6.07, 6.45) is 0. The molecular weight excluding hydrogens is 306 g/mol. The van der Waals surface area contributed by atoms with Crippen molar-refractivity contribution >= 4 is 0 Å². The fourth-order valence-electron chi connectivity index (χ4n) is 2.40. The molecule has 0 heterocycles. The highest BCUT2D eigenvalue weighted by Crippen LogP contribution is 2.26. The molecule has 0 amide bonds. The van der Waals surface area contributed by atoms with Crippen molar-refractivity contribution in [2.75, 3.05) is 0 Å². The molecule has 0 N–H and O–H groups in total. The minimum absolute atomic E-state index is 0. The van der Waals surface area contributed by atoms with Crippen molar-refractivity contribution in [2.24, 2.45) is 0 Å². The van der Waals surface area contributed by atoms with Crippen molar-refractivity contribution in [2.45, 2.75) is 60.5 Å². The first kappa shape index (κ1) is 22.1. The van der Waals surface area contributed by atoms with E-state index in [0.717, 1.165) is 5.56 Å². The quantitative estimate of drug-likeness (QED) is 0.575. The Morgan fingerprint density at radius 2 is 1.21 bits per heavy atom. The SMILES string of the molecule is C.CC(C)c1ccccc1OC(F)F.Cc1ccccc1C(C)C. The van der Waals surface area contributed by atoms with Crippen LogP contribution in [0.25, 0.3) is 0 Å². The third-order valence-electron chi connectivity index (χ3n) is 3.57. The van der Waals surface area contributed by atoms with Gasteiger partial charge in [0, 0.05) is 0 Å². The van der Waals surface area contributed by atoms with Gasteiger partial charge in [-0.05, 0) is 41.5 Å². The van der Waals surface area contributed by atoms with Crippen LogP contribution in [-0.4, -0.2) is 6.61 Å². The molecule has 0 aliphatic rings. The van der Waals surface area contributed by atoms with Crippen molar-refractivity contribution in [3.8, 4) is 5.75 Å². The predicted molar refractivity (Wildman–Crippen MR) is 99.2 cm³/mol. The number of rotatable bonds is 4. The Kier molecular flexibility index (Phi) is 9.94. The Bertz CT molecular complexity index is 592. The number of halogens is 2. The number of ether oxygens (including phenoxy) is 1. The summed E-state index contributed by atoms with van der Waals surface area (Å²) >= 11 is 0. The van der Waals surface area contributed by atoms with Gasteiger partial charge in [-0.2, -0.15) is 8.78 Å². The van der Waals surface area contributed by atoms with Gasteiger partial charge in [-0.15, -0.1) is 0 Å². The molecule has 0 saturated carbocycles. The smallest absolute Gasteiger partial charge is 0.387 e. The zero-order valence-electron chi connectivity index (χ0n) is 14.5. The van der Waals surface area contributed by atoms with E-state index in [0.29, 0.717) is 5.92 Å². The molecule has 0 aromatic heterocycles. The van der Waals surface area contributed by atoms with Crippen LogP contribution in [0.3, 0.4) is 0 Å². The van der Waals surface area contributed by atoms with Crippen molar-refractivity contribution in [1.29, 1.82) is 0 Å². The van der Waals surface area contributed by atoms with Crippen LogP contribution in [-0.2, 0) is 0 Å². The van der Waals surface area contributed by atoms with E-state index in [9.17, 15) is 8.78 Å². The summed E-state index contributed by atoms with van der Waals surface area (Å²) in [7, 11) is 0. The molecule has 0 fully saturated rings. The van der Waals surface area contributed by atoms with Gasteiger partial charge in [-0.1, -0.05) is 77.6 Å². The molecule has 134 valence electrons. The molecule has 0 unspecified atom stereocenters. The minimum atomic E-state index is -2.75. The van der Waals surface area contributed by atoms with Crippen LogP contribution in [0.2, 0.25) is 0 Å². The summed E-state index contributed by atoms with van der Waals surface area (Å²) in [5.41, 5.74) is 3.67. The Labute approximate surface area is 145 Å². The minimum Gasteiger partial charge on any atom is -0.435 e. The number of hydrogen-bond acceptors (Lipinski definition) is 1. The summed E-state index contributed by atoms with van der Waals surface area (Å²) in [5.74, 6) is 1.11. The van der Waals surface area contributed by atoms with Crippen LogP contribution >= 0.6 is 0 Å². The lowest BCUT2D eigenvalue weighted by Gasteiger charge is -2.12. The summed E-state index contributed by atoms with van der Waals surface area (Å²) in [6.45, 7) is 7.74. The third kappa shape index (κ3) is 7.12. The van der Waals surface area contributed by atoms with Crippen molar-refractivity contribution < 1.29 is 13.5 Å². The lowest BCUT2D eigenvalue weighted by molar-refractivity contribution is -0.0505. The summed E-state index contributed by atoms with van der Waals surface area (Å²) < 4.78 is 28.3. The van der Waals surface area contributed by atoms with E-state index in [2.05, 4.69) is 49.8 Å². The van der Waals surface area contributed by atoms with E-state index in [-0.39, 0.29) is 19.1 Å². The van der Waals surface area contributed by atoms with Gasteiger partial charge >= 0.3 is 6.61 Å². The monoisotopic (exact) mass is 336 g/mol. The highest BCUT2D eigenvalue weighted by atomic mass is 19.3. The van der Waals surface area contributed by atoms with Gasteiger partial charge in [-0.3, -0.25) is 0 Å². The largest absolute Gasteiger partial charge is 0.435 e. The fourth-order valence-corrected chi connectivity index (χ4v) is 2.40. The molecular formula is C21H30F2O. The molecule has 2 aromatic rings. The van der Waals surface area contributed by atoms with Crippen LogP contribution in [0, 0.1) is 6.92 Å². The number of alkyl halides is 2. The summed E-state index contributed by atoms with van der Waals surface area (Å²) in [4.78, 5) is 0. The van der Waals surface area contributed by atoms with E-state index in [1.54, 1.807) is 18.2 Å².